The quantitative estimate of drug-likeness (QED) is 0.883. The Morgan fingerprint density at radius 1 is 1.47 bits per heavy atom. The maximum absolute atomic E-state index is 4.31. The summed E-state index contributed by atoms with van der Waals surface area (Å²) in [7, 11) is 2.03. The Morgan fingerprint density at radius 2 is 2.29 bits per heavy atom. The minimum Gasteiger partial charge on any atom is -0.338 e. The summed E-state index contributed by atoms with van der Waals surface area (Å²) in [5, 5.41) is 3.51. The predicted octanol–water partition coefficient (Wildman–Crippen LogP) is 2.08. The summed E-state index contributed by atoms with van der Waals surface area (Å²) in [5.74, 6) is 1.12. The Hall–Kier alpha value is -1.20. The first-order valence-corrected chi connectivity index (χ1v) is 6.66. The molecule has 5 heteroatoms. The van der Waals surface area contributed by atoms with Crippen LogP contribution in [0.2, 0.25) is 0 Å². The van der Waals surface area contributed by atoms with E-state index in [0.29, 0.717) is 6.04 Å². The van der Waals surface area contributed by atoms with Gasteiger partial charge in [-0.1, -0.05) is 0 Å². The second-order valence-corrected chi connectivity index (χ2v) is 5.07. The van der Waals surface area contributed by atoms with Gasteiger partial charge in [0.25, 0.3) is 0 Å². The van der Waals surface area contributed by atoms with Gasteiger partial charge < -0.3 is 9.88 Å². The molecule has 17 heavy (non-hydrogen) atoms. The van der Waals surface area contributed by atoms with Gasteiger partial charge in [0.15, 0.2) is 0 Å². The number of imidazole rings is 1. The number of hydrogen-bond donors (Lipinski definition) is 1. The molecule has 0 amide bonds. The second-order valence-electron chi connectivity index (χ2n) is 4.18. The van der Waals surface area contributed by atoms with E-state index in [4.69, 9.17) is 0 Å². The number of thiazole rings is 1. The van der Waals surface area contributed by atoms with Crippen molar-refractivity contribution in [2.45, 2.75) is 26.3 Å². The van der Waals surface area contributed by atoms with Crippen molar-refractivity contribution in [2.75, 3.05) is 6.54 Å². The van der Waals surface area contributed by atoms with Crippen molar-refractivity contribution in [3.63, 3.8) is 0 Å². The first-order valence-electron chi connectivity index (χ1n) is 5.78. The molecule has 2 rings (SSSR count). The molecule has 0 saturated carbocycles. The minimum atomic E-state index is 0.364. The van der Waals surface area contributed by atoms with E-state index in [0.717, 1.165) is 24.5 Å². The van der Waals surface area contributed by atoms with Crippen LogP contribution in [0.25, 0.3) is 0 Å². The van der Waals surface area contributed by atoms with E-state index in [9.17, 15) is 0 Å². The maximum Gasteiger partial charge on any atom is 0.109 e. The van der Waals surface area contributed by atoms with Crippen LogP contribution in [0, 0.1) is 6.92 Å². The monoisotopic (exact) mass is 250 g/mol. The van der Waals surface area contributed by atoms with E-state index >= 15 is 0 Å². The van der Waals surface area contributed by atoms with Crippen LogP contribution in [0.1, 0.15) is 29.4 Å². The molecule has 2 aromatic heterocycles. The van der Waals surface area contributed by atoms with E-state index in [1.165, 1.54) is 4.88 Å². The average molecular weight is 250 g/mol. The predicted molar refractivity (Wildman–Crippen MR) is 70.2 cm³/mol. The fraction of sp³-hybridized carbons (Fsp3) is 0.500. The number of hydrogen-bond acceptors (Lipinski definition) is 4. The van der Waals surface area contributed by atoms with Crippen molar-refractivity contribution in [1.82, 2.24) is 19.9 Å². The molecule has 0 radical (unpaired) electrons. The molecule has 0 aromatic carbocycles. The van der Waals surface area contributed by atoms with Crippen LogP contribution in [0.4, 0.5) is 0 Å². The summed E-state index contributed by atoms with van der Waals surface area (Å²) in [4.78, 5) is 9.90. The van der Waals surface area contributed by atoms with E-state index in [2.05, 4.69) is 33.7 Å². The van der Waals surface area contributed by atoms with Gasteiger partial charge in [0, 0.05) is 43.3 Å². The lowest BCUT2D eigenvalue weighted by molar-refractivity contribution is 0.569. The van der Waals surface area contributed by atoms with Gasteiger partial charge in [-0.2, -0.15) is 0 Å². The number of nitrogens with zero attached hydrogens (tertiary/aromatic N) is 3. The minimum absolute atomic E-state index is 0.364. The first kappa shape index (κ1) is 12.3. The zero-order valence-corrected chi connectivity index (χ0v) is 11.3. The molecule has 0 spiro atoms. The second kappa shape index (κ2) is 5.42. The van der Waals surface area contributed by atoms with E-state index in [1.54, 1.807) is 11.3 Å². The fourth-order valence-electron chi connectivity index (χ4n) is 1.86. The Labute approximate surface area is 106 Å². The molecule has 1 unspecified atom stereocenters. The Morgan fingerprint density at radius 3 is 2.88 bits per heavy atom. The smallest absolute Gasteiger partial charge is 0.109 e. The molecule has 2 heterocycles. The van der Waals surface area contributed by atoms with Gasteiger partial charge in [-0.3, -0.25) is 0 Å². The average Bonchev–Trinajstić information content (AvgIpc) is 2.88. The lowest BCUT2D eigenvalue weighted by Crippen LogP contribution is -2.22. The third kappa shape index (κ3) is 2.92. The van der Waals surface area contributed by atoms with Crippen molar-refractivity contribution in [3.05, 3.63) is 34.3 Å². The summed E-state index contributed by atoms with van der Waals surface area (Å²) in [6.45, 7) is 5.17. The highest BCUT2D eigenvalue weighted by Gasteiger charge is 2.10. The van der Waals surface area contributed by atoms with E-state index in [1.807, 2.05) is 25.0 Å². The zero-order chi connectivity index (χ0) is 12.3. The summed E-state index contributed by atoms with van der Waals surface area (Å²) < 4.78 is 2.06. The normalized spacial score (nSPS) is 12.9. The molecule has 92 valence electrons. The Balaban J connectivity index is 1.83. The molecular weight excluding hydrogens is 232 g/mol. The van der Waals surface area contributed by atoms with Gasteiger partial charge in [0.2, 0.25) is 0 Å². The summed E-state index contributed by atoms with van der Waals surface area (Å²) in [5.41, 5.74) is 3.04. The molecule has 0 fully saturated rings. The van der Waals surface area contributed by atoms with Gasteiger partial charge in [0.05, 0.1) is 11.2 Å². The summed E-state index contributed by atoms with van der Waals surface area (Å²) in [6.07, 6.45) is 4.77. The number of aromatic nitrogens is 3. The number of aryl methyl sites for hydroxylation is 2. The van der Waals surface area contributed by atoms with Gasteiger partial charge in [-0.05, 0) is 13.8 Å². The first-order chi connectivity index (χ1) is 8.18. The summed E-state index contributed by atoms with van der Waals surface area (Å²) in [6, 6.07) is 0.364. The lowest BCUT2D eigenvalue weighted by atomic mass is 10.2. The molecule has 0 aliphatic rings. The molecule has 0 bridgehead atoms. The molecule has 0 aliphatic heterocycles. The SMILES string of the molecule is Cc1ncsc1C(C)NCCc1nccn1C. The van der Waals surface area contributed by atoms with E-state index < -0.39 is 0 Å². The van der Waals surface area contributed by atoms with Crippen LogP contribution < -0.4 is 5.32 Å². The molecule has 2 aromatic rings. The maximum atomic E-state index is 4.31. The molecule has 0 aliphatic carbocycles. The molecule has 0 saturated heterocycles. The van der Waals surface area contributed by atoms with Gasteiger partial charge in [-0.25, -0.2) is 9.97 Å². The van der Waals surface area contributed by atoms with Crippen LogP contribution in [0.15, 0.2) is 17.9 Å². The van der Waals surface area contributed by atoms with Crippen LogP contribution in [0.5, 0.6) is 0 Å². The highest BCUT2D eigenvalue weighted by atomic mass is 32.1. The van der Waals surface area contributed by atoms with E-state index in [-0.39, 0.29) is 0 Å². The van der Waals surface area contributed by atoms with Crippen molar-refractivity contribution >= 4 is 11.3 Å². The van der Waals surface area contributed by atoms with Gasteiger partial charge >= 0.3 is 0 Å². The van der Waals surface area contributed by atoms with Crippen LogP contribution >= 0.6 is 11.3 Å². The highest BCUT2D eigenvalue weighted by molar-refractivity contribution is 7.09. The van der Waals surface area contributed by atoms with Gasteiger partial charge in [0.1, 0.15) is 5.82 Å². The lowest BCUT2D eigenvalue weighted by Gasteiger charge is -2.12. The largest absolute Gasteiger partial charge is 0.338 e. The summed E-state index contributed by atoms with van der Waals surface area (Å²) >= 11 is 1.71. The van der Waals surface area contributed by atoms with Crippen molar-refractivity contribution < 1.29 is 0 Å². The van der Waals surface area contributed by atoms with Crippen molar-refractivity contribution in [3.8, 4) is 0 Å². The van der Waals surface area contributed by atoms with Crippen molar-refractivity contribution in [2.24, 2.45) is 7.05 Å². The molecule has 4 nitrogen and oxygen atoms in total. The highest BCUT2D eigenvalue weighted by Crippen LogP contribution is 2.20. The third-order valence-electron chi connectivity index (χ3n) is 2.90. The Bertz CT molecular complexity index is 474. The topological polar surface area (TPSA) is 42.7 Å². The van der Waals surface area contributed by atoms with Crippen LogP contribution in [0.3, 0.4) is 0 Å². The standard InChI is InChI=1S/C12H18N4S/c1-9(12-10(2)15-8-17-12)13-5-4-11-14-6-7-16(11)3/h6-9,13H,4-5H2,1-3H3. The molecular formula is C12H18N4S. The zero-order valence-electron chi connectivity index (χ0n) is 10.5. The van der Waals surface area contributed by atoms with Gasteiger partial charge in [-0.15, -0.1) is 11.3 Å². The van der Waals surface area contributed by atoms with Crippen molar-refractivity contribution in [1.29, 1.82) is 0 Å². The van der Waals surface area contributed by atoms with Crippen LogP contribution in [-0.4, -0.2) is 21.1 Å². The fourth-order valence-corrected chi connectivity index (χ4v) is 2.69. The number of nitrogens with one attached hydrogen (secondary N) is 1. The van der Waals surface area contributed by atoms with Crippen LogP contribution in [-0.2, 0) is 13.5 Å². The Kier molecular flexibility index (Phi) is 3.91. The number of rotatable bonds is 5. The molecule has 1 atom stereocenters. The third-order valence-corrected chi connectivity index (χ3v) is 4.01. The molecule has 1 N–H and O–H groups in total.